The van der Waals surface area contributed by atoms with Gasteiger partial charge in [0.1, 0.15) is 4.21 Å². The summed E-state index contributed by atoms with van der Waals surface area (Å²) in [6.07, 6.45) is 1.22. The second-order valence-corrected chi connectivity index (χ2v) is 10.1. The summed E-state index contributed by atoms with van der Waals surface area (Å²) in [4.78, 5) is 14.6. The number of carbonyl (C=O) groups is 1. The Hall–Kier alpha value is -2.84. The van der Waals surface area contributed by atoms with Crippen LogP contribution in [0.1, 0.15) is 12.0 Å². The van der Waals surface area contributed by atoms with E-state index in [9.17, 15) is 13.2 Å². The summed E-state index contributed by atoms with van der Waals surface area (Å²) in [7, 11) is -3.56. The molecular weight excluding hydrogens is 418 g/mol. The van der Waals surface area contributed by atoms with Crippen LogP contribution in [0.25, 0.3) is 0 Å². The van der Waals surface area contributed by atoms with Crippen molar-refractivity contribution >= 4 is 38.6 Å². The lowest BCUT2D eigenvalue weighted by atomic mass is 10.1. The van der Waals surface area contributed by atoms with E-state index >= 15 is 0 Å². The average Bonchev–Trinajstić information content (AvgIpc) is 3.43. The molecule has 6 nitrogen and oxygen atoms in total. The van der Waals surface area contributed by atoms with E-state index in [0.717, 1.165) is 24.2 Å². The van der Waals surface area contributed by atoms with Crippen molar-refractivity contribution in [2.45, 2.75) is 23.1 Å². The highest BCUT2D eigenvalue weighted by atomic mass is 32.2. The summed E-state index contributed by atoms with van der Waals surface area (Å²) in [5.74, 6) is 0.0827. The molecule has 0 bridgehead atoms. The first-order chi connectivity index (χ1) is 14.5. The van der Waals surface area contributed by atoms with Crippen molar-refractivity contribution in [2.75, 3.05) is 23.1 Å². The Bertz CT molecular complexity index is 1080. The van der Waals surface area contributed by atoms with Gasteiger partial charge in [0.15, 0.2) is 0 Å². The van der Waals surface area contributed by atoms with Crippen molar-refractivity contribution in [3.63, 3.8) is 0 Å². The quantitative estimate of drug-likeness (QED) is 0.585. The van der Waals surface area contributed by atoms with Crippen molar-refractivity contribution in [1.82, 2.24) is 4.90 Å². The Kier molecular flexibility index (Phi) is 6.06. The molecule has 1 aromatic heterocycles. The molecule has 1 amide bonds. The number of nitrogens with zero attached hydrogens (tertiary/aromatic N) is 1. The molecule has 2 N–H and O–H groups in total. The van der Waals surface area contributed by atoms with Crippen LogP contribution in [0, 0.1) is 0 Å². The number of carbonyl (C=O) groups excluding carboxylic acids is 1. The zero-order valence-corrected chi connectivity index (χ0v) is 18.0. The lowest BCUT2D eigenvalue weighted by Gasteiger charge is -2.18. The van der Waals surface area contributed by atoms with Gasteiger partial charge in [0.25, 0.3) is 10.0 Å². The monoisotopic (exact) mass is 441 g/mol. The maximum atomic E-state index is 12.7. The van der Waals surface area contributed by atoms with Crippen molar-refractivity contribution in [2.24, 2.45) is 0 Å². The van der Waals surface area contributed by atoms with Gasteiger partial charge in [-0.3, -0.25) is 9.52 Å². The van der Waals surface area contributed by atoms with Crippen LogP contribution in [0.15, 0.2) is 76.3 Å². The van der Waals surface area contributed by atoms with E-state index in [0.29, 0.717) is 18.7 Å². The second-order valence-electron chi connectivity index (χ2n) is 7.25. The summed E-state index contributed by atoms with van der Waals surface area (Å²) in [5, 5.41) is 5.20. The van der Waals surface area contributed by atoms with E-state index in [1.54, 1.807) is 41.8 Å². The summed E-state index contributed by atoms with van der Waals surface area (Å²) in [6.45, 7) is 1.43. The second kappa shape index (κ2) is 8.89. The standard InChI is InChI=1S/C22H23N3O3S2/c26-21(25-13-12-20(16-25)23-18-5-2-1-3-6-18)15-17-8-10-19(11-9-17)24-30(27,28)22-7-4-14-29-22/h1-11,14,20,23-24H,12-13,15-16H2. The minimum Gasteiger partial charge on any atom is -0.380 e. The predicted octanol–water partition coefficient (Wildman–Crippen LogP) is 3.80. The lowest BCUT2D eigenvalue weighted by molar-refractivity contribution is -0.129. The number of hydrogen-bond acceptors (Lipinski definition) is 5. The third-order valence-corrected chi connectivity index (χ3v) is 7.79. The molecule has 0 radical (unpaired) electrons. The van der Waals surface area contributed by atoms with Crippen LogP contribution >= 0.6 is 11.3 Å². The highest BCUT2D eigenvalue weighted by Gasteiger charge is 2.26. The van der Waals surface area contributed by atoms with Crippen LogP contribution in [0.5, 0.6) is 0 Å². The van der Waals surface area contributed by atoms with Gasteiger partial charge in [-0.05, 0) is 47.7 Å². The van der Waals surface area contributed by atoms with E-state index in [2.05, 4.69) is 10.0 Å². The number of likely N-dealkylation sites (tertiary alicyclic amines) is 1. The predicted molar refractivity (Wildman–Crippen MR) is 120 cm³/mol. The fraction of sp³-hybridized carbons (Fsp3) is 0.227. The summed E-state index contributed by atoms with van der Waals surface area (Å²) >= 11 is 1.17. The Balaban J connectivity index is 1.31. The van der Waals surface area contributed by atoms with Crippen molar-refractivity contribution in [3.8, 4) is 0 Å². The third-order valence-electron chi connectivity index (χ3n) is 5.01. The molecule has 3 aromatic rings. The molecule has 2 aromatic carbocycles. The van der Waals surface area contributed by atoms with Crippen LogP contribution in [-0.4, -0.2) is 38.4 Å². The van der Waals surface area contributed by atoms with Crippen molar-refractivity contribution in [3.05, 3.63) is 77.7 Å². The summed E-state index contributed by atoms with van der Waals surface area (Å²) in [6, 6.07) is 20.5. The first kappa shape index (κ1) is 20.4. The molecule has 0 aliphatic carbocycles. The van der Waals surface area contributed by atoms with Gasteiger partial charge >= 0.3 is 0 Å². The minimum absolute atomic E-state index is 0.0827. The highest BCUT2D eigenvalue weighted by Crippen LogP contribution is 2.21. The lowest BCUT2D eigenvalue weighted by Crippen LogP contribution is -2.32. The van der Waals surface area contributed by atoms with Gasteiger partial charge in [-0.15, -0.1) is 11.3 Å². The third kappa shape index (κ3) is 5.01. The van der Waals surface area contributed by atoms with Gasteiger partial charge < -0.3 is 10.2 Å². The first-order valence-electron chi connectivity index (χ1n) is 9.74. The zero-order valence-electron chi connectivity index (χ0n) is 16.3. The number of nitrogens with one attached hydrogen (secondary N) is 2. The molecule has 2 heterocycles. The van der Waals surface area contributed by atoms with E-state index in [1.807, 2.05) is 35.2 Å². The average molecular weight is 442 g/mol. The Morgan fingerprint density at radius 3 is 2.47 bits per heavy atom. The Morgan fingerprint density at radius 1 is 1.00 bits per heavy atom. The number of hydrogen-bond donors (Lipinski definition) is 2. The SMILES string of the molecule is O=C(Cc1ccc(NS(=O)(=O)c2cccs2)cc1)N1CCC(Nc2ccccc2)C1. The molecule has 1 atom stereocenters. The molecular formula is C22H23N3O3S2. The first-order valence-corrected chi connectivity index (χ1v) is 12.1. The zero-order chi connectivity index (χ0) is 21.0. The highest BCUT2D eigenvalue weighted by molar-refractivity contribution is 7.94. The molecule has 0 spiro atoms. The number of rotatable bonds is 7. The number of benzene rings is 2. The molecule has 4 rings (SSSR count). The van der Waals surface area contributed by atoms with Crippen LogP contribution in [0.2, 0.25) is 0 Å². The molecule has 0 saturated carbocycles. The molecule has 1 aliphatic rings. The number of amides is 1. The van der Waals surface area contributed by atoms with Gasteiger partial charge in [0, 0.05) is 30.5 Å². The molecule has 1 unspecified atom stereocenters. The molecule has 8 heteroatoms. The van der Waals surface area contributed by atoms with Gasteiger partial charge in [-0.25, -0.2) is 8.42 Å². The smallest absolute Gasteiger partial charge is 0.271 e. The van der Waals surface area contributed by atoms with E-state index in [1.165, 1.54) is 11.3 Å². The number of thiophene rings is 1. The van der Waals surface area contributed by atoms with Gasteiger partial charge in [-0.2, -0.15) is 0 Å². The molecule has 1 aliphatic heterocycles. The van der Waals surface area contributed by atoms with Gasteiger partial charge in [-0.1, -0.05) is 36.4 Å². The maximum Gasteiger partial charge on any atom is 0.271 e. The number of para-hydroxylation sites is 1. The van der Waals surface area contributed by atoms with Gasteiger partial charge in [0.05, 0.1) is 6.42 Å². The fourth-order valence-corrected chi connectivity index (χ4v) is 5.53. The maximum absolute atomic E-state index is 12.7. The Morgan fingerprint density at radius 2 is 1.77 bits per heavy atom. The largest absolute Gasteiger partial charge is 0.380 e. The number of anilines is 2. The van der Waals surface area contributed by atoms with Crippen LogP contribution in [-0.2, 0) is 21.2 Å². The van der Waals surface area contributed by atoms with E-state index < -0.39 is 10.0 Å². The number of sulfonamides is 1. The molecule has 1 saturated heterocycles. The topological polar surface area (TPSA) is 78.5 Å². The van der Waals surface area contributed by atoms with Gasteiger partial charge in [0.2, 0.25) is 5.91 Å². The minimum atomic E-state index is -3.56. The van der Waals surface area contributed by atoms with Crippen molar-refractivity contribution < 1.29 is 13.2 Å². The molecule has 1 fully saturated rings. The molecule has 156 valence electrons. The van der Waals surface area contributed by atoms with E-state index in [4.69, 9.17) is 0 Å². The van der Waals surface area contributed by atoms with Crippen LogP contribution in [0.4, 0.5) is 11.4 Å². The molecule has 30 heavy (non-hydrogen) atoms. The van der Waals surface area contributed by atoms with E-state index in [-0.39, 0.29) is 16.2 Å². The van der Waals surface area contributed by atoms with Crippen LogP contribution < -0.4 is 10.0 Å². The fourth-order valence-electron chi connectivity index (χ4n) is 3.47. The van der Waals surface area contributed by atoms with Crippen LogP contribution in [0.3, 0.4) is 0 Å². The van der Waals surface area contributed by atoms with Crippen molar-refractivity contribution in [1.29, 1.82) is 0 Å². The summed E-state index contributed by atoms with van der Waals surface area (Å²) < 4.78 is 27.4. The Labute approximate surface area is 180 Å². The normalized spacial score (nSPS) is 16.4. The summed E-state index contributed by atoms with van der Waals surface area (Å²) in [5.41, 5.74) is 2.41.